The van der Waals surface area contributed by atoms with E-state index in [1.165, 1.54) is 5.57 Å². The number of carbonyl (C=O) groups is 2. The first-order chi connectivity index (χ1) is 16.7. The smallest absolute Gasteiger partial charge is 0.408 e. The van der Waals surface area contributed by atoms with Gasteiger partial charge >= 0.3 is 12.1 Å². The molecule has 186 valence electrons. The standard InChI is InChI=1S/C28H37BN2O4/c1-5-6-17-34-26(32)22-9-7-8-10-23(22)30-24(19-11-12-19)18-25(20-13-15-21(29)16-14-20)31-27(33)35-28(2,3)4/h7-10,13-16,25,30H,5-6,11-12,17-18,29H2,1-4H3,(H,31,33). The largest absolute Gasteiger partial charge is 0.462 e. The Kier molecular flexibility index (Phi) is 9.02. The highest BCUT2D eigenvalue weighted by atomic mass is 16.6. The van der Waals surface area contributed by atoms with E-state index in [4.69, 9.17) is 9.47 Å². The number of anilines is 1. The zero-order valence-electron chi connectivity index (χ0n) is 21.6. The number of carbonyl (C=O) groups excluding carboxylic acids is 2. The lowest BCUT2D eigenvalue weighted by Gasteiger charge is -2.25. The van der Waals surface area contributed by atoms with E-state index in [-0.39, 0.29) is 12.0 Å². The Morgan fingerprint density at radius 1 is 1.06 bits per heavy atom. The van der Waals surface area contributed by atoms with Crippen molar-refractivity contribution in [2.24, 2.45) is 0 Å². The first kappa shape index (κ1) is 26.4. The minimum Gasteiger partial charge on any atom is -0.462 e. The lowest BCUT2D eigenvalue weighted by atomic mass is 9.92. The monoisotopic (exact) mass is 476 g/mol. The van der Waals surface area contributed by atoms with Gasteiger partial charge in [-0.25, -0.2) is 9.59 Å². The normalized spacial score (nSPS) is 13.5. The molecule has 1 fully saturated rings. The predicted octanol–water partition coefficient (Wildman–Crippen LogP) is 5.02. The van der Waals surface area contributed by atoms with E-state index in [1.54, 1.807) is 6.07 Å². The molecule has 1 unspecified atom stereocenters. The summed E-state index contributed by atoms with van der Waals surface area (Å²) in [7, 11) is 2.04. The number of hydrogen-bond acceptors (Lipinski definition) is 5. The average molecular weight is 476 g/mol. The average Bonchev–Trinajstić information content (AvgIpc) is 3.63. The van der Waals surface area contributed by atoms with Gasteiger partial charge < -0.3 is 20.1 Å². The van der Waals surface area contributed by atoms with Gasteiger partial charge in [0.15, 0.2) is 0 Å². The number of rotatable bonds is 10. The Bertz CT molecular complexity index is 1050. The molecule has 2 aromatic carbocycles. The van der Waals surface area contributed by atoms with Gasteiger partial charge in [0, 0.05) is 12.1 Å². The molecule has 1 aliphatic rings. The predicted molar refractivity (Wildman–Crippen MR) is 143 cm³/mol. The molecule has 0 aromatic heterocycles. The van der Waals surface area contributed by atoms with Gasteiger partial charge in [0.2, 0.25) is 0 Å². The zero-order valence-corrected chi connectivity index (χ0v) is 21.6. The Hall–Kier alpha value is -3.22. The zero-order chi connectivity index (χ0) is 25.4. The minimum absolute atomic E-state index is 0.287. The van der Waals surface area contributed by atoms with Crippen LogP contribution in [0.1, 0.15) is 81.8 Å². The number of allylic oxidation sites excluding steroid dienone is 1. The Labute approximate surface area is 209 Å². The molecule has 1 saturated carbocycles. The summed E-state index contributed by atoms with van der Waals surface area (Å²) in [6.45, 7) is 8.02. The fraction of sp³-hybridized carbons (Fsp3) is 0.429. The van der Waals surface area contributed by atoms with Gasteiger partial charge in [-0.05, 0) is 57.7 Å². The summed E-state index contributed by atoms with van der Waals surface area (Å²) in [4.78, 5) is 25.4. The van der Waals surface area contributed by atoms with E-state index in [0.717, 1.165) is 42.4 Å². The first-order valence-corrected chi connectivity index (χ1v) is 12.5. The number of amides is 1. The van der Waals surface area contributed by atoms with E-state index in [0.29, 0.717) is 24.3 Å². The second-order valence-corrected chi connectivity index (χ2v) is 10.1. The van der Waals surface area contributed by atoms with E-state index < -0.39 is 11.7 Å². The third kappa shape index (κ3) is 8.50. The van der Waals surface area contributed by atoms with E-state index in [9.17, 15) is 9.59 Å². The van der Waals surface area contributed by atoms with Crippen molar-refractivity contribution in [1.82, 2.24) is 5.32 Å². The van der Waals surface area contributed by atoms with E-state index >= 15 is 0 Å². The fourth-order valence-electron chi connectivity index (χ4n) is 3.67. The molecular weight excluding hydrogens is 439 g/mol. The van der Waals surface area contributed by atoms with Crippen LogP contribution in [0.4, 0.5) is 10.5 Å². The van der Waals surface area contributed by atoms with Crippen molar-refractivity contribution in [3.8, 4) is 0 Å². The fourth-order valence-corrected chi connectivity index (χ4v) is 3.67. The molecule has 1 amide bonds. The third-order valence-corrected chi connectivity index (χ3v) is 5.67. The van der Waals surface area contributed by atoms with Crippen molar-refractivity contribution in [1.29, 1.82) is 0 Å². The molecule has 1 atom stereocenters. The van der Waals surface area contributed by atoms with E-state index in [2.05, 4.69) is 17.6 Å². The molecule has 2 aromatic rings. The van der Waals surface area contributed by atoms with Gasteiger partial charge in [-0.3, -0.25) is 0 Å². The molecule has 0 spiro atoms. The van der Waals surface area contributed by atoms with Crippen LogP contribution in [0.15, 0.2) is 59.8 Å². The van der Waals surface area contributed by atoms with Crippen LogP contribution in [0.25, 0.3) is 0 Å². The van der Waals surface area contributed by atoms with Gasteiger partial charge in [0.25, 0.3) is 0 Å². The quantitative estimate of drug-likeness (QED) is 0.286. The van der Waals surface area contributed by atoms with Crippen molar-refractivity contribution in [2.45, 2.75) is 71.4 Å². The highest BCUT2D eigenvalue weighted by Crippen LogP contribution is 2.37. The van der Waals surface area contributed by atoms with Crippen LogP contribution in [0.2, 0.25) is 0 Å². The van der Waals surface area contributed by atoms with Gasteiger partial charge in [-0.2, -0.15) is 0 Å². The SMILES string of the molecule is Bc1ccc(C(CC(Nc2ccccc2C(=O)OCCCC)=C2CC2)NC(=O)OC(C)(C)C)cc1. The molecular formula is C28H37BN2O4. The lowest BCUT2D eigenvalue weighted by molar-refractivity contribution is 0.0492. The summed E-state index contributed by atoms with van der Waals surface area (Å²) in [5, 5.41) is 6.55. The number of hydrogen-bond donors (Lipinski definition) is 2. The summed E-state index contributed by atoms with van der Waals surface area (Å²) in [5.74, 6) is -0.330. The van der Waals surface area contributed by atoms with Crippen LogP contribution in [0.5, 0.6) is 0 Å². The molecule has 0 heterocycles. The second kappa shape index (κ2) is 12.0. The number of esters is 1. The molecule has 0 radical (unpaired) electrons. The highest BCUT2D eigenvalue weighted by molar-refractivity contribution is 6.32. The van der Waals surface area contributed by atoms with Gasteiger partial charge in [-0.15, -0.1) is 0 Å². The minimum atomic E-state index is -0.588. The third-order valence-electron chi connectivity index (χ3n) is 5.67. The summed E-state index contributed by atoms with van der Waals surface area (Å²) >= 11 is 0. The van der Waals surface area contributed by atoms with Crippen LogP contribution < -0.4 is 16.1 Å². The molecule has 35 heavy (non-hydrogen) atoms. The van der Waals surface area contributed by atoms with Crippen molar-refractivity contribution in [3.63, 3.8) is 0 Å². The molecule has 7 heteroatoms. The molecule has 6 nitrogen and oxygen atoms in total. The number of unbranched alkanes of at least 4 members (excludes halogenated alkanes) is 1. The maximum absolute atomic E-state index is 12.7. The topological polar surface area (TPSA) is 76.7 Å². The summed E-state index contributed by atoms with van der Waals surface area (Å²) in [5.41, 5.74) is 5.09. The summed E-state index contributed by atoms with van der Waals surface area (Å²) < 4.78 is 11.0. The number of nitrogens with one attached hydrogen (secondary N) is 2. The van der Waals surface area contributed by atoms with E-state index in [1.807, 2.05) is 71.1 Å². The molecule has 0 aliphatic heterocycles. The van der Waals surface area contributed by atoms with Crippen molar-refractivity contribution < 1.29 is 19.1 Å². The first-order valence-electron chi connectivity index (χ1n) is 12.5. The highest BCUT2D eigenvalue weighted by Gasteiger charge is 2.26. The molecule has 1 aliphatic carbocycles. The lowest BCUT2D eigenvalue weighted by Crippen LogP contribution is -2.35. The molecule has 3 rings (SSSR count). The number of ether oxygens (including phenoxy) is 2. The summed E-state index contributed by atoms with van der Waals surface area (Å²) in [6.07, 6.45) is 3.90. The van der Waals surface area contributed by atoms with Gasteiger partial charge in [-0.1, -0.05) is 60.8 Å². The molecule has 0 bridgehead atoms. The second-order valence-electron chi connectivity index (χ2n) is 10.1. The van der Waals surface area contributed by atoms with Crippen molar-refractivity contribution >= 4 is 31.1 Å². The molecule has 2 N–H and O–H groups in total. The van der Waals surface area contributed by atoms with Crippen LogP contribution in [-0.4, -0.2) is 32.1 Å². The van der Waals surface area contributed by atoms with Gasteiger partial charge in [0.1, 0.15) is 13.4 Å². The number of alkyl carbamates (subject to hydrolysis) is 1. The van der Waals surface area contributed by atoms with Gasteiger partial charge in [0.05, 0.1) is 23.9 Å². The van der Waals surface area contributed by atoms with Crippen molar-refractivity contribution in [2.75, 3.05) is 11.9 Å². The maximum Gasteiger partial charge on any atom is 0.408 e. The van der Waals surface area contributed by atoms with Crippen LogP contribution in [0, 0.1) is 0 Å². The number of para-hydroxylation sites is 1. The Balaban J connectivity index is 1.82. The van der Waals surface area contributed by atoms with Crippen molar-refractivity contribution in [3.05, 3.63) is 70.9 Å². The summed E-state index contributed by atoms with van der Waals surface area (Å²) in [6, 6.07) is 15.3. The van der Waals surface area contributed by atoms with Crippen LogP contribution in [0.3, 0.4) is 0 Å². The Morgan fingerprint density at radius 3 is 2.37 bits per heavy atom. The Morgan fingerprint density at radius 2 is 1.74 bits per heavy atom. The van der Waals surface area contributed by atoms with Crippen LogP contribution in [-0.2, 0) is 9.47 Å². The van der Waals surface area contributed by atoms with Crippen LogP contribution >= 0.6 is 0 Å². The molecule has 0 saturated heterocycles. The maximum atomic E-state index is 12.7. The number of benzene rings is 2.